The Morgan fingerprint density at radius 2 is 2.08 bits per heavy atom. The number of hydrogen-bond acceptors (Lipinski definition) is 3. The lowest BCUT2D eigenvalue weighted by atomic mass is 10.2. The SMILES string of the molecule is C/C=C\C(=N)OCCOCC(C)C. The smallest absolute Gasteiger partial charge is 0.205 e. The van der Waals surface area contributed by atoms with E-state index >= 15 is 0 Å². The van der Waals surface area contributed by atoms with Crippen molar-refractivity contribution in [2.45, 2.75) is 20.8 Å². The first-order chi connectivity index (χ1) is 6.16. The minimum atomic E-state index is 0.190. The second-order valence-corrected chi connectivity index (χ2v) is 3.18. The van der Waals surface area contributed by atoms with Crippen molar-refractivity contribution in [1.29, 1.82) is 5.41 Å². The van der Waals surface area contributed by atoms with E-state index in [-0.39, 0.29) is 5.90 Å². The van der Waals surface area contributed by atoms with Crippen LogP contribution in [0.25, 0.3) is 0 Å². The van der Waals surface area contributed by atoms with E-state index in [1.807, 2.05) is 6.92 Å². The summed E-state index contributed by atoms with van der Waals surface area (Å²) in [6, 6.07) is 0. The highest BCUT2D eigenvalue weighted by Crippen LogP contribution is 1.92. The molecule has 0 heterocycles. The molecular formula is C10H19NO2. The Morgan fingerprint density at radius 3 is 2.62 bits per heavy atom. The molecule has 0 atom stereocenters. The van der Waals surface area contributed by atoms with Crippen molar-refractivity contribution in [3.05, 3.63) is 12.2 Å². The molecule has 0 saturated heterocycles. The molecule has 0 aromatic carbocycles. The standard InChI is InChI=1S/C10H19NO2/c1-4-5-10(11)13-7-6-12-8-9(2)3/h4-5,9,11H,6-8H2,1-3H3/b5-4-,11-10?. The molecule has 0 spiro atoms. The van der Waals surface area contributed by atoms with Crippen LogP contribution in [0.3, 0.4) is 0 Å². The quantitative estimate of drug-likeness (QED) is 0.391. The summed E-state index contributed by atoms with van der Waals surface area (Å²) in [6.45, 7) is 7.81. The first-order valence-electron chi connectivity index (χ1n) is 4.58. The summed E-state index contributed by atoms with van der Waals surface area (Å²) in [5.41, 5.74) is 0. The van der Waals surface area contributed by atoms with Crippen molar-refractivity contribution < 1.29 is 9.47 Å². The number of hydrogen-bond donors (Lipinski definition) is 1. The van der Waals surface area contributed by atoms with Crippen molar-refractivity contribution in [3.8, 4) is 0 Å². The summed E-state index contributed by atoms with van der Waals surface area (Å²) in [7, 11) is 0. The Morgan fingerprint density at radius 1 is 1.38 bits per heavy atom. The molecule has 13 heavy (non-hydrogen) atoms. The zero-order chi connectivity index (χ0) is 10.1. The van der Waals surface area contributed by atoms with Crippen molar-refractivity contribution >= 4 is 5.90 Å². The monoisotopic (exact) mass is 185 g/mol. The number of rotatable bonds is 6. The van der Waals surface area contributed by atoms with Crippen LogP contribution < -0.4 is 0 Å². The van der Waals surface area contributed by atoms with Crippen LogP contribution in [-0.4, -0.2) is 25.7 Å². The minimum Gasteiger partial charge on any atom is -0.476 e. The van der Waals surface area contributed by atoms with Crippen LogP contribution in [0.5, 0.6) is 0 Å². The molecule has 0 amide bonds. The second-order valence-electron chi connectivity index (χ2n) is 3.18. The van der Waals surface area contributed by atoms with Crippen LogP contribution >= 0.6 is 0 Å². The Hall–Kier alpha value is -0.830. The van der Waals surface area contributed by atoms with E-state index in [4.69, 9.17) is 14.9 Å². The second kappa shape index (κ2) is 7.80. The average Bonchev–Trinajstić information content (AvgIpc) is 2.03. The highest BCUT2D eigenvalue weighted by molar-refractivity contribution is 5.84. The Kier molecular flexibility index (Phi) is 7.30. The van der Waals surface area contributed by atoms with Gasteiger partial charge in [-0.3, -0.25) is 5.41 Å². The number of ether oxygens (including phenoxy) is 2. The van der Waals surface area contributed by atoms with Gasteiger partial charge in [-0.15, -0.1) is 0 Å². The van der Waals surface area contributed by atoms with Crippen LogP contribution in [0, 0.1) is 11.3 Å². The summed E-state index contributed by atoms with van der Waals surface area (Å²) >= 11 is 0. The first kappa shape index (κ1) is 12.2. The Bertz CT molecular complexity index is 164. The Labute approximate surface area is 80.2 Å². The van der Waals surface area contributed by atoms with Gasteiger partial charge < -0.3 is 9.47 Å². The van der Waals surface area contributed by atoms with Gasteiger partial charge in [-0.1, -0.05) is 19.9 Å². The third kappa shape index (κ3) is 9.08. The highest BCUT2D eigenvalue weighted by atomic mass is 16.5. The molecule has 0 aliphatic heterocycles. The molecule has 0 saturated carbocycles. The maximum absolute atomic E-state index is 7.24. The van der Waals surface area contributed by atoms with Crippen molar-refractivity contribution in [3.63, 3.8) is 0 Å². The van der Waals surface area contributed by atoms with Crippen LogP contribution in [0.4, 0.5) is 0 Å². The van der Waals surface area contributed by atoms with Crippen molar-refractivity contribution in [1.82, 2.24) is 0 Å². The van der Waals surface area contributed by atoms with E-state index in [9.17, 15) is 0 Å². The minimum absolute atomic E-state index is 0.190. The lowest BCUT2D eigenvalue weighted by Crippen LogP contribution is -2.10. The zero-order valence-electron chi connectivity index (χ0n) is 8.67. The van der Waals surface area contributed by atoms with Crippen LogP contribution in [0.2, 0.25) is 0 Å². The van der Waals surface area contributed by atoms with Gasteiger partial charge in [0.2, 0.25) is 5.90 Å². The molecular weight excluding hydrogens is 166 g/mol. The van der Waals surface area contributed by atoms with E-state index in [2.05, 4.69) is 13.8 Å². The summed E-state index contributed by atoms with van der Waals surface area (Å²) in [6.07, 6.45) is 3.39. The summed E-state index contributed by atoms with van der Waals surface area (Å²) in [4.78, 5) is 0. The molecule has 0 bridgehead atoms. The normalized spacial score (nSPS) is 11.1. The molecule has 0 aliphatic carbocycles. The fraction of sp³-hybridized carbons (Fsp3) is 0.700. The Balaban J connectivity index is 3.21. The lowest BCUT2D eigenvalue weighted by molar-refractivity contribution is 0.0789. The van der Waals surface area contributed by atoms with Crippen molar-refractivity contribution in [2.75, 3.05) is 19.8 Å². The van der Waals surface area contributed by atoms with E-state index in [0.717, 1.165) is 6.61 Å². The van der Waals surface area contributed by atoms with Gasteiger partial charge in [0.25, 0.3) is 0 Å². The fourth-order valence-electron chi connectivity index (χ4n) is 0.729. The third-order valence-electron chi connectivity index (χ3n) is 1.25. The van der Waals surface area contributed by atoms with Crippen LogP contribution in [0.15, 0.2) is 12.2 Å². The van der Waals surface area contributed by atoms with Gasteiger partial charge in [-0.05, 0) is 18.9 Å². The molecule has 0 fully saturated rings. The van der Waals surface area contributed by atoms with E-state index in [1.54, 1.807) is 12.2 Å². The average molecular weight is 185 g/mol. The van der Waals surface area contributed by atoms with Crippen LogP contribution in [-0.2, 0) is 9.47 Å². The molecule has 3 nitrogen and oxygen atoms in total. The number of nitrogens with one attached hydrogen (secondary N) is 1. The molecule has 0 rings (SSSR count). The molecule has 0 aromatic heterocycles. The molecule has 76 valence electrons. The lowest BCUT2D eigenvalue weighted by Gasteiger charge is -2.07. The molecule has 1 N–H and O–H groups in total. The number of allylic oxidation sites excluding steroid dienone is 1. The molecule has 0 aliphatic rings. The van der Waals surface area contributed by atoms with Gasteiger partial charge in [0.15, 0.2) is 0 Å². The van der Waals surface area contributed by atoms with Gasteiger partial charge in [0.05, 0.1) is 6.61 Å². The zero-order valence-corrected chi connectivity index (χ0v) is 8.67. The van der Waals surface area contributed by atoms with Crippen molar-refractivity contribution in [2.24, 2.45) is 5.92 Å². The largest absolute Gasteiger partial charge is 0.476 e. The van der Waals surface area contributed by atoms with Gasteiger partial charge in [-0.25, -0.2) is 0 Å². The molecule has 3 heteroatoms. The third-order valence-corrected chi connectivity index (χ3v) is 1.25. The first-order valence-corrected chi connectivity index (χ1v) is 4.58. The molecule has 0 radical (unpaired) electrons. The summed E-state index contributed by atoms with van der Waals surface area (Å²) in [5.74, 6) is 0.741. The maximum Gasteiger partial charge on any atom is 0.205 e. The van der Waals surface area contributed by atoms with Gasteiger partial charge >= 0.3 is 0 Å². The predicted molar refractivity (Wildman–Crippen MR) is 54.1 cm³/mol. The van der Waals surface area contributed by atoms with Gasteiger partial charge in [0, 0.05) is 6.61 Å². The van der Waals surface area contributed by atoms with E-state index in [1.165, 1.54) is 0 Å². The van der Waals surface area contributed by atoms with Gasteiger partial charge in [0.1, 0.15) is 6.61 Å². The molecule has 0 aromatic rings. The summed E-state index contributed by atoms with van der Waals surface area (Å²) < 4.78 is 10.3. The maximum atomic E-state index is 7.24. The van der Waals surface area contributed by atoms with E-state index < -0.39 is 0 Å². The summed E-state index contributed by atoms with van der Waals surface area (Å²) in [5, 5.41) is 7.24. The molecule has 0 unspecified atom stereocenters. The topological polar surface area (TPSA) is 42.3 Å². The van der Waals surface area contributed by atoms with Crippen LogP contribution in [0.1, 0.15) is 20.8 Å². The highest BCUT2D eigenvalue weighted by Gasteiger charge is 1.94. The van der Waals surface area contributed by atoms with Gasteiger partial charge in [-0.2, -0.15) is 0 Å². The van der Waals surface area contributed by atoms with E-state index in [0.29, 0.717) is 19.1 Å². The fourth-order valence-corrected chi connectivity index (χ4v) is 0.729. The predicted octanol–water partition coefficient (Wildman–Crippen LogP) is 2.23.